The Hall–Kier alpha value is -0.120. The van der Waals surface area contributed by atoms with Crippen LogP contribution in [0.1, 0.15) is 46.5 Å². The fourth-order valence-corrected chi connectivity index (χ4v) is 3.58. The normalized spacial score (nSPS) is 34.6. The molecule has 112 valence electrons. The van der Waals surface area contributed by atoms with Crippen LogP contribution >= 0.6 is 0 Å². The number of ether oxygens (including phenoxy) is 1. The van der Waals surface area contributed by atoms with Crippen LogP contribution in [0.5, 0.6) is 0 Å². The van der Waals surface area contributed by atoms with E-state index in [-0.39, 0.29) is 0 Å². The largest absolute Gasteiger partial charge is 0.381 e. The van der Waals surface area contributed by atoms with Crippen molar-refractivity contribution in [1.29, 1.82) is 0 Å². The summed E-state index contributed by atoms with van der Waals surface area (Å²) in [5.74, 6) is 1.63. The number of rotatable bonds is 5. The summed E-state index contributed by atoms with van der Waals surface area (Å²) in [4.78, 5) is 2.73. The minimum absolute atomic E-state index is 0.714. The van der Waals surface area contributed by atoms with Gasteiger partial charge in [0.2, 0.25) is 0 Å². The number of nitrogens with one attached hydrogen (secondary N) is 1. The van der Waals surface area contributed by atoms with Crippen LogP contribution in [0.4, 0.5) is 0 Å². The molecule has 0 aromatic heterocycles. The lowest BCUT2D eigenvalue weighted by Crippen LogP contribution is -2.54. The molecule has 2 aliphatic rings. The van der Waals surface area contributed by atoms with Crippen LogP contribution in [0.15, 0.2) is 0 Å². The van der Waals surface area contributed by atoms with Crippen molar-refractivity contribution in [2.45, 2.75) is 58.5 Å². The molecule has 2 aliphatic heterocycles. The average Bonchev–Trinajstić information content (AvgIpc) is 2.44. The highest BCUT2D eigenvalue weighted by Crippen LogP contribution is 2.26. The lowest BCUT2D eigenvalue weighted by atomic mass is 9.85. The first-order chi connectivity index (χ1) is 9.22. The van der Waals surface area contributed by atoms with Crippen molar-refractivity contribution in [3.8, 4) is 0 Å². The molecule has 2 fully saturated rings. The molecule has 2 rings (SSSR count). The van der Waals surface area contributed by atoms with Gasteiger partial charge in [-0.05, 0) is 57.5 Å². The third kappa shape index (κ3) is 4.17. The van der Waals surface area contributed by atoms with Gasteiger partial charge in [-0.3, -0.25) is 0 Å². The predicted octanol–water partition coefficient (Wildman–Crippen LogP) is 2.51. The minimum Gasteiger partial charge on any atom is -0.381 e. The molecule has 2 heterocycles. The van der Waals surface area contributed by atoms with Crippen molar-refractivity contribution in [1.82, 2.24) is 10.2 Å². The molecule has 3 heteroatoms. The Labute approximate surface area is 119 Å². The summed E-state index contributed by atoms with van der Waals surface area (Å²) in [6, 6.07) is 1.44. The number of piperidine rings is 1. The van der Waals surface area contributed by atoms with Crippen LogP contribution in [0.25, 0.3) is 0 Å². The highest BCUT2D eigenvalue weighted by Gasteiger charge is 2.33. The Morgan fingerprint density at radius 2 is 1.89 bits per heavy atom. The maximum absolute atomic E-state index is 5.47. The Morgan fingerprint density at radius 3 is 2.58 bits per heavy atom. The minimum atomic E-state index is 0.714. The molecule has 0 radical (unpaired) electrons. The van der Waals surface area contributed by atoms with Gasteiger partial charge in [0.05, 0.1) is 0 Å². The maximum atomic E-state index is 5.47. The SMILES string of the molecule is CCCNC1CCN(CC2CCOCC2)C(C)C1C. The van der Waals surface area contributed by atoms with E-state index in [1.54, 1.807) is 0 Å². The molecular formula is C16H32N2O. The summed E-state index contributed by atoms with van der Waals surface area (Å²) in [7, 11) is 0. The van der Waals surface area contributed by atoms with Gasteiger partial charge in [-0.2, -0.15) is 0 Å². The Kier molecular flexibility index (Phi) is 6.11. The molecule has 0 aliphatic carbocycles. The fraction of sp³-hybridized carbons (Fsp3) is 1.00. The quantitative estimate of drug-likeness (QED) is 0.829. The third-order valence-corrected chi connectivity index (χ3v) is 5.19. The monoisotopic (exact) mass is 268 g/mol. The summed E-state index contributed by atoms with van der Waals surface area (Å²) in [5, 5.41) is 3.73. The number of hydrogen-bond donors (Lipinski definition) is 1. The topological polar surface area (TPSA) is 24.5 Å². The van der Waals surface area contributed by atoms with E-state index < -0.39 is 0 Å². The van der Waals surface area contributed by atoms with Crippen LogP contribution in [0.2, 0.25) is 0 Å². The Morgan fingerprint density at radius 1 is 1.16 bits per heavy atom. The van der Waals surface area contributed by atoms with Gasteiger partial charge in [-0.15, -0.1) is 0 Å². The van der Waals surface area contributed by atoms with Crippen LogP contribution in [-0.4, -0.2) is 49.8 Å². The third-order valence-electron chi connectivity index (χ3n) is 5.19. The molecule has 0 amide bonds. The summed E-state index contributed by atoms with van der Waals surface area (Å²) in [6.45, 7) is 12.8. The summed E-state index contributed by atoms with van der Waals surface area (Å²) >= 11 is 0. The first-order valence-corrected chi connectivity index (χ1v) is 8.27. The van der Waals surface area contributed by atoms with Gasteiger partial charge in [0.1, 0.15) is 0 Å². The molecule has 0 spiro atoms. The van der Waals surface area contributed by atoms with Gasteiger partial charge >= 0.3 is 0 Å². The smallest absolute Gasteiger partial charge is 0.0469 e. The molecule has 3 nitrogen and oxygen atoms in total. The second-order valence-corrected chi connectivity index (χ2v) is 6.50. The second kappa shape index (κ2) is 7.61. The van der Waals surface area contributed by atoms with Gasteiger partial charge in [-0.25, -0.2) is 0 Å². The standard InChI is InChI=1S/C16H32N2O/c1-4-8-17-16-5-9-18(14(3)13(16)2)12-15-6-10-19-11-7-15/h13-17H,4-12H2,1-3H3. The fourth-order valence-electron chi connectivity index (χ4n) is 3.58. The molecule has 1 N–H and O–H groups in total. The van der Waals surface area contributed by atoms with Crippen molar-refractivity contribution >= 4 is 0 Å². The van der Waals surface area contributed by atoms with Crippen molar-refractivity contribution in [3.05, 3.63) is 0 Å². The summed E-state index contributed by atoms with van der Waals surface area (Å²) < 4.78 is 5.47. The molecule has 0 aromatic rings. The maximum Gasteiger partial charge on any atom is 0.0469 e. The van der Waals surface area contributed by atoms with Crippen molar-refractivity contribution < 1.29 is 4.74 Å². The zero-order chi connectivity index (χ0) is 13.7. The Bertz CT molecular complexity index is 253. The van der Waals surface area contributed by atoms with E-state index in [1.165, 1.54) is 45.3 Å². The van der Waals surface area contributed by atoms with Crippen molar-refractivity contribution in [2.75, 3.05) is 32.8 Å². The van der Waals surface area contributed by atoms with Crippen LogP contribution in [0, 0.1) is 11.8 Å². The van der Waals surface area contributed by atoms with Crippen LogP contribution < -0.4 is 5.32 Å². The summed E-state index contributed by atoms with van der Waals surface area (Å²) in [6.07, 6.45) is 5.07. The molecule has 2 saturated heterocycles. The lowest BCUT2D eigenvalue weighted by molar-refractivity contribution is 0.0243. The van der Waals surface area contributed by atoms with Gasteiger partial charge < -0.3 is 15.0 Å². The highest BCUT2D eigenvalue weighted by molar-refractivity contribution is 4.89. The zero-order valence-corrected chi connectivity index (χ0v) is 13.0. The average molecular weight is 268 g/mol. The van der Waals surface area contributed by atoms with E-state index in [0.717, 1.165) is 31.1 Å². The number of hydrogen-bond acceptors (Lipinski definition) is 3. The van der Waals surface area contributed by atoms with Gasteiger partial charge in [0.25, 0.3) is 0 Å². The predicted molar refractivity (Wildman–Crippen MR) is 80.4 cm³/mol. The molecule has 0 bridgehead atoms. The van der Waals surface area contributed by atoms with Crippen LogP contribution in [0.3, 0.4) is 0 Å². The highest BCUT2D eigenvalue weighted by atomic mass is 16.5. The molecule has 0 saturated carbocycles. The molecule has 3 atom stereocenters. The van der Waals surface area contributed by atoms with E-state index in [4.69, 9.17) is 4.74 Å². The molecule has 0 aromatic carbocycles. The van der Waals surface area contributed by atoms with Gasteiger partial charge in [0, 0.05) is 31.8 Å². The van der Waals surface area contributed by atoms with E-state index >= 15 is 0 Å². The van der Waals surface area contributed by atoms with E-state index in [1.807, 2.05) is 0 Å². The first kappa shape index (κ1) is 15.3. The van der Waals surface area contributed by atoms with Gasteiger partial charge in [0.15, 0.2) is 0 Å². The van der Waals surface area contributed by atoms with E-state index in [9.17, 15) is 0 Å². The molecular weight excluding hydrogens is 236 g/mol. The first-order valence-electron chi connectivity index (χ1n) is 8.27. The van der Waals surface area contributed by atoms with Crippen molar-refractivity contribution in [2.24, 2.45) is 11.8 Å². The van der Waals surface area contributed by atoms with Gasteiger partial charge in [-0.1, -0.05) is 13.8 Å². The molecule has 3 unspecified atom stereocenters. The van der Waals surface area contributed by atoms with Crippen molar-refractivity contribution in [3.63, 3.8) is 0 Å². The number of nitrogens with zero attached hydrogens (tertiary/aromatic N) is 1. The summed E-state index contributed by atoms with van der Waals surface area (Å²) in [5.41, 5.74) is 0. The Balaban J connectivity index is 1.80. The van der Waals surface area contributed by atoms with E-state index in [0.29, 0.717) is 6.04 Å². The van der Waals surface area contributed by atoms with Crippen LogP contribution in [-0.2, 0) is 4.74 Å². The van der Waals surface area contributed by atoms with E-state index in [2.05, 4.69) is 31.0 Å². The molecule has 19 heavy (non-hydrogen) atoms. The number of likely N-dealkylation sites (tertiary alicyclic amines) is 1. The zero-order valence-electron chi connectivity index (χ0n) is 13.0. The lowest BCUT2D eigenvalue weighted by Gasteiger charge is -2.44. The second-order valence-electron chi connectivity index (χ2n) is 6.50.